The van der Waals surface area contributed by atoms with E-state index >= 15 is 0 Å². The van der Waals surface area contributed by atoms with E-state index in [1.54, 1.807) is 0 Å². The van der Waals surface area contributed by atoms with Gasteiger partial charge in [0.05, 0.1) is 11.7 Å². The number of para-hydroxylation sites is 1. The summed E-state index contributed by atoms with van der Waals surface area (Å²) >= 11 is 0. The normalized spacial score (nSPS) is 25.4. The molecule has 3 heterocycles. The highest BCUT2D eigenvalue weighted by Gasteiger charge is 2.38. The minimum Gasteiger partial charge on any atom is -0.311 e. The summed E-state index contributed by atoms with van der Waals surface area (Å²) in [5.74, 6) is 0.683. The molecule has 2 fully saturated rings. The molecular formula is C19H24N4O. The lowest BCUT2D eigenvalue weighted by molar-refractivity contribution is -0.122. The Morgan fingerprint density at radius 3 is 2.75 bits per heavy atom. The van der Waals surface area contributed by atoms with Gasteiger partial charge in [0.25, 0.3) is 0 Å². The van der Waals surface area contributed by atoms with Crippen molar-refractivity contribution < 1.29 is 4.79 Å². The molecule has 5 heteroatoms. The Morgan fingerprint density at radius 1 is 1.17 bits per heavy atom. The largest absolute Gasteiger partial charge is 0.311 e. The summed E-state index contributed by atoms with van der Waals surface area (Å²) in [4.78, 5) is 17.2. The average molecular weight is 324 g/mol. The third-order valence-corrected chi connectivity index (χ3v) is 5.28. The highest BCUT2D eigenvalue weighted by Crippen LogP contribution is 2.31. The van der Waals surface area contributed by atoms with Gasteiger partial charge in [-0.3, -0.25) is 14.8 Å². The van der Waals surface area contributed by atoms with Gasteiger partial charge in [0, 0.05) is 30.4 Å². The first kappa shape index (κ1) is 15.4. The second kappa shape index (κ2) is 6.40. The molecular weight excluding hydrogens is 300 g/mol. The molecule has 2 aliphatic heterocycles. The monoisotopic (exact) mass is 324 g/mol. The van der Waals surface area contributed by atoms with Crippen LogP contribution in [0.1, 0.15) is 36.6 Å². The molecule has 2 atom stereocenters. The van der Waals surface area contributed by atoms with Gasteiger partial charge in [0.15, 0.2) is 0 Å². The Kier molecular flexibility index (Phi) is 4.10. The summed E-state index contributed by atoms with van der Waals surface area (Å²) < 4.78 is 0. The second-order valence-electron chi connectivity index (χ2n) is 6.94. The van der Waals surface area contributed by atoms with Gasteiger partial charge in [0.2, 0.25) is 5.91 Å². The van der Waals surface area contributed by atoms with E-state index in [4.69, 9.17) is 0 Å². The van der Waals surface area contributed by atoms with E-state index in [-0.39, 0.29) is 11.9 Å². The number of carbonyl (C=O) groups excluding carboxylic acids is 1. The fraction of sp³-hybridized carbons (Fsp3) is 0.474. The smallest absolute Gasteiger partial charge is 0.244 e. The average Bonchev–Trinajstić information content (AvgIpc) is 3.22. The number of benzene rings is 1. The molecule has 0 unspecified atom stereocenters. The number of nitrogens with one attached hydrogen (secondary N) is 1. The maximum atomic E-state index is 12.9. The van der Waals surface area contributed by atoms with Crippen LogP contribution in [0.3, 0.4) is 0 Å². The minimum absolute atomic E-state index is 0.0213. The van der Waals surface area contributed by atoms with Gasteiger partial charge < -0.3 is 4.90 Å². The number of rotatable bonds is 3. The van der Waals surface area contributed by atoms with Crippen LogP contribution in [0.25, 0.3) is 0 Å². The molecule has 0 bridgehead atoms. The number of aromatic nitrogens is 2. The first-order valence-corrected chi connectivity index (χ1v) is 8.85. The van der Waals surface area contributed by atoms with Gasteiger partial charge in [-0.2, -0.15) is 5.10 Å². The zero-order valence-corrected chi connectivity index (χ0v) is 14.1. The summed E-state index contributed by atoms with van der Waals surface area (Å²) in [6.45, 7) is 4.80. The van der Waals surface area contributed by atoms with Crippen molar-refractivity contribution in [2.75, 3.05) is 24.5 Å². The van der Waals surface area contributed by atoms with Gasteiger partial charge >= 0.3 is 0 Å². The van der Waals surface area contributed by atoms with E-state index in [2.05, 4.69) is 21.2 Å². The Bertz CT molecular complexity index is 711. The molecule has 0 saturated carbocycles. The number of amides is 1. The fourth-order valence-electron chi connectivity index (χ4n) is 4.05. The summed E-state index contributed by atoms with van der Waals surface area (Å²) in [5, 5.41) is 7.48. The Labute approximate surface area is 142 Å². The molecule has 1 amide bonds. The lowest BCUT2D eigenvalue weighted by Crippen LogP contribution is -2.46. The Morgan fingerprint density at radius 2 is 2.00 bits per heavy atom. The molecule has 24 heavy (non-hydrogen) atoms. The lowest BCUT2D eigenvalue weighted by atomic mass is 9.93. The van der Waals surface area contributed by atoms with Crippen LogP contribution >= 0.6 is 0 Å². The molecule has 2 aliphatic rings. The molecule has 5 nitrogen and oxygen atoms in total. The Hall–Kier alpha value is -2.14. The maximum absolute atomic E-state index is 12.9. The number of hydrogen-bond acceptors (Lipinski definition) is 3. The number of nitrogens with zero attached hydrogens (tertiary/aromatic N) is 3. The highest BCUT2D eigenvalue weighted by molar-refractivity contribution is 5.99. The number of piperidine rings is 1. The molecule has 1 aromatic carbocycles. The molecule has 1 N–H and O–H groups in total. The van der Waals surface area contributed by atoms with Crippen molar-refractivity contribution >= 4 is 11.6 Å². The van der Waals surface area contributed by atoms with Crippen molar-refractivity contribution in [3.8, 4) is 0 Å². The predicted molar refractivity (Wildman–Crippen MR) is 94.1 cm³/mol. The third-order valence-electron chi connectivity index (χ3n) is 5.28. The van der Waals surface area contributed by atoms with E-state index in [1.807, 2.05) is 42.2 Å². The highest BCUT2D eigenvalue weighted by atomic mass is 16.2. The summed E-state index contributed by atoms with van der Waals surface area (Å²) in [6.07, 6.45) is 3.20. The van der Waals surface area contributed by atoms with Gasteiger partial charge in [-0.1, -0.05) is 18.2 Å². The van der Waals surface area contributed by atoms with E-state index in [1.165, 1.54) is 0 Å². The van der Waals surface area contributed by atoms with Crippen LogP contribution in [0.15, 0.2) is 36.4 Å². The molecule has 4 rings (SSSR count). The van der Waals surface area contributed by atoms with Gasteiger partial charge in [-0.15, -0.1) is 0 Å². The number of aryl methyl sites for hydroxylation is 1. The fourth-order valence-corrected chi connectivity index (χ4v) is 4.05. The molecule has 126 valence electrons. The second-order valence-corrected chi connectivity index (χ2v) is 6.94. The van der Waals surface area contributed by atoms with Crippen molar-refractivity contribution in [1.29, 1.82) is 0 Å². The van der Waals surface area contributed by atoms with Crippen LogP contribution in [0.4, 0.5) is 5.69 Å². The first-order chi connectivity index (χ1) is 11.7. The summed E-state index contributed by atoms with van der Waals surface area (Å²) in [7, 11) is 0. The number of hydrogen-bond donors (Lipinski definition) is 1. The van der Waals surface area contributed by atoms with Gasteiger partial charge in [-0.05, 0) is 50.9 Å². The zero-order valence-electron chi connectivity index (χ0n) is 14.1. The van der Waals surface area contributed by atoms with Crippen molar-refractivity contribution in [2.45, 2.75) is 38.1 Å². The molecule has 0 spiro atoms. The van der Waals surface area contributed by atoms with E-state index < -0.39 is 0 Å². The number of anilines is 1. The third kappa shape index (κ3) is 2.84. The number of likely N-dealkylation sites (tertiary alicyclic amines) is 1. The quantitative estimate of drug-likeness (QED) is 0.944. The predicted octanol–water partition coefficient (Wildman–Crippen LogP) is 2.70. The van der Waals surface area contributed by atoms with Crippen molar-refractivity contribution in [3.05, 3.63) is 47.8 Å². The van der Waals surface area contributed by atoms with Crippen molar-refractivity contribution in [1.82, 2.24) is 15.1 Å². The summed E-state index contributed by atoms with van der Waals surface area (Å²) in [5.41, 5.74) is 3.26. The van der Waals surface area contributed by atoms with Crippen LogP contribution in [-0.2, 0) is 4.79 Å². The van der Waals surface area contributed by atoms with Crippen LogP contribution in [0, 0.1) is 6.92 Å². The number of H-pyrrole nitrogens is 1. The summed E-state index contributed by atoms with van der Waals surface area (Å²) in [6, 6.07) is 12.2. The van der Waals surface area contributed by atoms with Crippen LogP contribution < -0.4 is 4.90 Å². The SMILES string of the molecule is Cc1cc([C@@H]2CCCN([C@@H]3CCN(c4ccccc4)C3=O)C2)n[nH]1. The van der Waals surface area contributed by atoms with E-state index in [0.717, 1.165) is 56.0 Å². The molecule has 0 aliphatic carbocycles. The standard InChI is InChI=1S/C19H24N4O/c1-14-12-17(21-20-14)15-6-5-10-22(13-15)18-9-11-23(19(18)24)16-7-3-2-4-8-16/h2-4,7-8,12,15,18H,5-6,9-11,13H2,1H3,(H,20,21)/t15-,18-/m1/s1. The van der Waals surface area contributed by atoms with Crippen molar-refractivity contribution in [3.63, 3.8) is 0 Å². The van der Waals surface area contributed by atoms with Crippen LogP contribution in [-0.4, -0.2) is 46.7 Å². The number of aromatic amines is 1. The van der Waals surface area contributed by atoms with Crippen molar-refractivity contribution in [2.24, 2.45) is 0 Å². The molecule has 2 aromatic rings. The van der Waals surface area contributed by atoms with Crippen LogP contribution in [0.5, 0.6) is 0 Å². The molecule has 1 aromatic heterocycles. The topological polar surface area (TPSA) is 52.2 Å². The van der Waals surface area contributed by atoms with Crippen LogP contribution in [0.2, 0.25) is 0 Å². The van der Waals surface area contributed by atoms with Gasteiger partial charge in [-0.25, -0.2) is 0 Å². The maximum Gasteiger partial charge on any atom is 0.244 e. The van der Waals surface area contributed by atoms with Gasteiger partial charge in [0.1, 0.15) is 0 Å². The number of carbonyl (C=O) groups is 1. The molecule has 0 radical (unpaired) electrons. The molecule has 2 saturated heterocycles. The first-order valence-electron chi connectivity index (χ1n) is 8.85. The Balaban J connectivity index is 1.47. The minimum atomic E-state index is 0.0213. The van der Waals surface area contributed by atoms with E-state index in [0.29, 0.717) is 5.92 Å². The zero-order chi connectivity index (χ0) is 16.5. The van der Waals surface area contributed by atoms with E-state index in [9.17, 15) is 4.79 Å². The lowest BCUT2D eigenvalue weighted by Gasteiger charge is -2.35.